The van der Waals surface area contributed by atoms with Crippen LogP contribution in [0.15, 0.2) is 48.5 Å². The van der Waals surface area contributed by atoms with E-state index in [-0.39, 0.29) is 32.2 Å². The standard InChI is InChI=1S/C30H33F6N5O5/c1-3-9-37-27(44)38-13-23-26(43)39(15-19-7-5-4-6-8-19)16-24-40(14-18(2)25(42)41(23)24)28(45)46-17-20-10-21(29(31,32)33)12-22(11-20)30(34,35)36/h4-8,10-12,18,23-24H,3,9,13-17H2,1-2H3,(H2,37,38,44)/t18-,23-,24+/m0/s1. The van der Waals surface area contributed by atoms with Gasteiger partial charge in [0, 0.05) is 26.2 Å². The maximum absolute atomic E-state index is 13.7. The molecule has 2 saturated heterocycles. The summed E-state index contributed by atoms with van der Waals surface area (Å²) in [5, 5.41) is 5.20. The predicted octanol–water partition coefficient (Wildman–Crippen LogP) is 4.59. The van der Waals surface area contributed by atoms with Gasteiger partial charge >= 0.3 is 24.5 Å². The lowest BCUT2D eigenvalue weighted by Crippen LogP contribution is -2.74. The van der Waals surface area contributed by atoms with Crippen LogP contribution in [0, 0.1) is 5.92 Å². The topological polar surface area (TPSA) is 111 Å². The van der Waals surface area contributed by atoms with Crippen molar-refractivity contribution in [2.45, 2.75) is 58.0 Å². The molecule has 0 bridgehead atoms. The van der Waals surface area contributed by atoms with Gasteiger partial charge in [-0.25, -0.2) is 9.59 Å². The van der Waals surface area contributed by atoms with E-state index in [1.54, 1.807) is 30.3 Å². The zero-order valence-corrected chi connectivity index (χ0v) is 25.0. The first-order valence-electron chi connectivity index (χ1n) is 14.5. The second-order valence-corrected chi connectivity index (χ2v) is 11.1. The van der Waals surface area contributed by atoms with Crippen LogP contribution in [0.3, 0.4) is 0 Å². The SMILES string of the molecule is CCCNC(=O)NC[C@H]1C(=O)N(Cc2ccccc2)C[C@@H]2N(C(=O)OCc3cc(C(F)(F)F)cc(C(F)(F)F)c3)C[C@H](C)C(=O)N21. The van der Waals surface area contributed by atoms with Crippen LogP contribution in [0.5, 0.6) is 0 Å². The van der Waals surface area contributed by atoms with Crippen LogP contribution < -0.4 is 10.6 Å². The van der Waals surface area contributed by atoms with Crippen LogP contribution in [0.1, 0.15) is 42.5 Å². The average Bonchev–Trinajstić information content (AvgIpc) is 3.00. The van der Waals surface area contributed by atoms with E-state index in [0.717, 1.165) is 10.5 Å². The van der Waals surface area contributed by atoms with Crippen LogP contribution in [-0.2, 0) is 39.8 Å². The molecular formula is C30H33F6N5O5. The number of carbonyl (C=O) groups excluding carboxylic acids is 4. The van der Waals surface area contributed by atoms with Crippen molar-refractivity contribution in [3.63, 3.8) is 0 Å². The van der Waals surface area contributed by atoms with Crippen molar-refractivity contribution in [1.29, 1.82) is 0 Å². The molecule has 2 aromatic rings. The number of fused-ring (bicyclic) bond motifs is 1. The number of hydrogen-bond donors (Lipinski definition) is 2. The van der Waals surface area contributed by atoms with Gasteiger partial charge in [0.1, 0.15) is 18.8 Å². The molecule has 10 nitrogen and oxygen atoms in total. The van der Waals surface area contributed by atoms with Gasteiger partial charge in [0.2, 0.25) is 11.8 Å². The van der Waals surface area contributed by atoms with E-state index in [0.29, 0.717) is 25.1 Å². The predicted molar refractivity (Wildman–Crippen MR) is 150 cm³/mol. The summed E-state index contributed by atoms with van der Waals surface area (Å²) in [4.78, 5) is 56.6. The number of urea groups is 1. The molecule has 16 heteroatoms. The highest BCUT2D eigenvalue weighted by atomic mass is 19.4. The molecule has 0 aliphatic carbocycles. The third kappa shape index (κ3) is 8.01. The Morgan fingerprint density at radius 1 is 0.891 bits per heavy atom. The molecule has 0 unspecified atom stereocenters. The number of nitrogens with one attached hydrogen (secondary N) is 2. The number of alkyl halides is 6. The van der Waals surface area contributed by atoms with Crippen LogP contribution in [0.4, 0.5) is 35.9 Å². The Morgan fingerprint density at radius 3 is 2.11 bits per heavy atom. The molecule has 2 aliphatic heterocycles. The Kier molecular flexibility index (Phi) is 10.4. The number of piperazine rings is 1. The Hall–Kier alpha value is -4.50. The summed E-state index contributed by atoms with van der Waals surface area (Å²) in [6.07, 6.45) is -11.7. The van der Waals surface area contributed by atoms with E-state index in [9.17, 15) is 45.5 Å². The van der Waals surface area contributed by atoms with Gasteiger partial charge < -0.3 is 25.2 Å². The van der Waals surface area contributed by atoms with E-state index >= 15 is 0 Å². The van der Waals surface area contributed by atoms with E-state index in [4.69, 9.17) is 4.74 Å². The molecule has 0 saturated carbocycles. The molecule has 2 heterocycles. The summed E-state index contributed by atoms with van der Waals surface area (Å²) >= 11 is 0. The van der Waals surface area contributed by atoms with Gasteiger partial charge in [-0.2, -0.15) is 26.3 Å². The number of amides is 5. The van der Waals surface area contributed by atoms with Crippen LogP contribution in [0.2, 0.25) is 0 Å². The molecule has 5 amide bonds. The number of nitrogens with zero attached hydrogens (tertiary/aromatic N) is 3. The first kappa shape index (κ1) is 34.4. The number of benzene rings is 2. The molecule has 2 aromatic carbocycles. The summed E-state index contributed by atoms with van der Waals surface area (Å²) in [5.74, 6) is -1.82. The first-order valence-corrected chi connectivity index (χ1v) is 14.5. The third-order valence-corrected chi connectivity index (χ3v) is 7.60. The smallest absolute Gasteiger partial charge is 0.416 e. The van der Waals surface area contributed by atoms with Crippen LogP contribution in [-0.4, -0.2) is 77.0 Å². The fraction of sp³-hybridized carbons (Fsp3) is 0.467. The molecular weight excluding hydrogens is 624 g/mol. The maximum atomic E-state index is 13.7. The van der Waals surface area contributed by atoms with Crippen molar-refractivity contribution in [1.82, 2.24) is 25.3 Å². The number of rotatable bonds is 8. The second-order valence-electron chi connectivity index (χ2n) is 11.1. The van der Waals surface area contributed by atoms with Gasteiger partial charge in [-0.05, 0) is 35.7 Å². The fourth-order valence-electron chi connectivity index (χ4n) is 5.36. The molecule has 0 spiro atoms. The molecule has 0 aromatic heterocycles. The fourth-order valence-corrected chi connectivity index (χ4v) is 5.36. The number of halogens is 6. The molecule has 3 atom stereocenters. The summed E-state index contributed by atoms with van der Waals surface area (Å²) in [6.45, 7) is 2.24. The van der Waals surface area contributed by atoms with Crippen molar-refractivity contribution >= 4 is 23.9 Å². The van der Waals surface area contributed by atoms with Crippen molar-refractivity contribution in [2.75, 3.05) is 26.2 Å². The molecule has 4 rings (SSSR count). The minimum atomic E-state index is -5.09. The van der Waals surface area contributed by atoms with Gasteiger partial charge in [0.25, 0.3) is 0 Å². The second kappa shape index (κ2) is 13.9. The van der Waals surface area contributed by atoms with Crippen molar-refractivity contribution < 1.29 is 50.3 Å². The van der Waals surface area contributed by atoms with Gasteiger partial charge in [-0.15, -0.1) is 0 Å². The lowest BCUT2D eigenvalue weighted by atomic mass is 9.98. The molecule has 250 valence electrons. The molecule has 0 radical (unpaired) electrons. The van der Waals surface area contributed by atoms with Gasteiger partial charge in [-0.3, -0.25) is 14.5 Å². The number of carbonyl (C=O) groups is 4. The van der Waals surface area contributed by atoms with E-state index < -0.39 is 77.7 Å². The van der Waals surface area contributed by atoms with Gasteiger partial charge in [-0.1, -0.05) is 44.2 Å². The monoisotopic (exact) mass is 657 g/mol. The van der Waals surface area contributed by atoms with Crippen molar-refractivity contribution in [2.24, 2.45) is 5.92 Å². The van der Waals surface area contributed by atoms with Crippen molar-refractivity contribution in [3.05, 3.63) is 70.8 Å². The normalized spacial score (nSPS) is 20.3. The lowest BCUT2D eigenvalue weighted by molar-refractivity contribution is -0.172. The van der Waals surface area contributed by atoms with E-state index in [1.165, 1.54) is 16.7 Å². The summed E-state index contributed by atoms with van der Waals surface area (Å²) < 4.78 is 85.3. The zero-order valence-electron chi connectivity index (χ0n) is 25.0. The van der Waals surface area contributed by atoms with Crippen LogP contribution >= 0.6 is 0 Å². The highest BCUT2D eigenvalue weighted by molar-refractivity contribution is 5.92. The maximum Gasteiger partial charge on any atom is 0.416 e. The first-order chi connectivity index (χ1) is 21.6. The Bertz CT molecular complexity index is 1410. The number of hydrogen-bond acceptors (Lipinski definition) is 5. The minimum absolute atomic E-state index is 0.0296. The van der Waals surface area contributed by atoms with Crippen LogP contribution in [0.25, 0.3) is 0 Å². The van der Waals surface area contributed by atoms with Gasteiger partial charge in [0.05, 0.1) is 23.6 Å². The highest BCUT2D eigenvalue weighted by Crippen LogP contribution is 2.37. The van der Waals surface area contributed by atoms with Gasteiger partial charge in [0.15, 0.2) is 0 Å². The Morgan fingerprint density at radius 2 is 1.52 bits per heavy atom. The largest absolute Gasteiger partial charge is 0.444 e. The number of ether oxygens (including phenoxy) is 1. The van der Waals surface area contributed by atoms with Crippen molar-refractivity contribution in [3.8, 4) is 0 Å². The molecule has 2 aliphatic rings. The zero-order chi connectivity index (χ0) is 33.8. The average molecular weight is 658 g/mol. The summed E-state index contributed by atoms with van der Waals surface area (Å²) in [5.41, 5.74) is -2.92. The van der Waals surface area contributed by atoms with E-state index in [1.807, 2.05) is 6.92 Å². The Balaban J connectivity index is 1.61. The lowest BCUT2D eigenvalue weighted by Gasteiger charge is -2.53. The van der Waals surface area contributed by atoms with E-state index in [2.05, 4.69) is 10.6 Å². The molecule has 2 fully saturated rings. The molecule has 2 N–H and O–H groups in total. The molecule has 46 heavy (non-hydrogen) atoms. The quantitative estimate of drug-likeness (QED) is 0.404. The summed E-state index contributed by atoms with van der Waals surface area (Å²) in [6, 6.07) is 7.96. The summed E-state index contributed by atoms with van der Waals surface area (Å²) in [7, 11) is 0. The highest BCUT2D eigenvalue weighted by Gasteiger charge is 2.51. The third-order valence-electron chi connectivity index (χ3n) is 7.60. The Labute approximate surface area is 260 Å². The minimum Gasteiger partial charge on any atom is -0.444 e.